The van der Waals surface area contributed by atoms with Crippen LogP contribution in [0.4, 0.5) is 8.78 Å². The van der Waals surface area contributed by atoms with Crippen molar-refractivity contribution in [1.82, 2.24) is 10.2 Å². The average molecular weight is 328 g/mol. The molecule has 1 fully saturated rings. The van der Waals surface area contributed by atoms with Crippen LogP contribution in [-0.4, -0.2) is 54.9 Å². The summed E-state index contributed by atoms with van der Waals surface area (Å²) in [5.41, 5.74) is 0.170. The Morgan fingerprint density at radius 3 is 3.00 bits per heavy atom. The van der Waals surface area contributed by atoms with E-state index in [1.807, 2.05) is 6.92 Å². The van der Waals surface area contributed by atoms with Crippen molar-refractivity contribution < 1.29 is 23.4 Å². The number of nitrogens with zero attached hydrogens (tertiary/aromatic N) is 1. The number of β-amino-alcohol motifs (C(OH)–C–C–N with tert-alkyl or cyclic N) is 1. The van der Waals surface area contributed by atoms with E-state index >= 15 is 0 Å². The molecule has 23 heavy (non-hydrogen) atoms. The molecule has 1 saturated heterocycles. The number of halogens is 2. The summed E-state index contributed by atoms with van der Waals surface area (Å²) in [5, 5.41) is 12.5. The normalized spacial score (nSPS) is 21.6. The molecule has 128 valence electrons. The van der Waals surface area contributed by atoms with Crippen molar-refractivity contribution in [2.24, 2.45) is 0 Å². The van der Waals surface area contributed by atoms with Crippen LogP contribution in [0.25, 0.3) is 0 Å². The number of aliphatic hydroxyl groups excluding tert-OH is 1. The Balaban J connectivity index is 1.99. The van der Waals surface area contributed by atoms with Gasteiger partial charge in [-0.15, -0.1) is 0 Å². The molecule has 0 bridgehead atoms. The Bertz CT molecular complexity index is 542. The molecule has 0 unspecified atom stereocenters. The molecular weight excluding hydrogens is 306 g/mol. The third-order valence-corrected chi connectivity index (χ3v) is 3.82. The number of hydrogen-bond donors (Lipinski definition) is 2. The van der Waals surface area contributed by atoms with E-state index in [4.69, 9.17) is 4.74 Å². The van der Waals surface area contributed by atoms with E-state index in [1.165, 1.54) is 0 Å². The minimum Gasteiger partial charge on any atom is -0.392 e. The van der Waals surface area contributed by atoms with E-state index in [9.17, 15) is 18.7 Å². The second kappa shape index (κ2) is 8.33. The van der Waals surface area contributed by atoms with Crippen LogP contribution in [0.3, 0.4) is 0 Å². The van der Waals surface area contributed by atoms with Crippen LogP contribution in [0, 0.1) is 11.6 Å². The molecule has 5 nitrogen and oxygen atoms in total. The van der Waals surface area contributed by atoms with Crippen LogP contribution >= 0.6 is 0 Å². The van der Waals surface area contributed by atoms with Crippen LogP contribution in [0.1, 0.15) is 24.9 Å². The Labute approximate surface area is 134 Å². The summed E-state index contributed by atoms with van der Waals surface area (Å²) in [6.45, 7) is 3.53. The molecule has 2 atom stereocenters. The summed E-state index contributed by atoms with van der Waals surface area (Å²) < 4.78 is 32.5. The highest BCUT2D eigenvalue weighted by molar-refractivity contribution is 5.78. The van der Waals surface area contributed by atoms with Crippen LogP contribution < -0.4 is 5.32 Å². The number of ether oxygens (including phenoxy) is 1. The first-order valence-electron chi connectivity index (χ1n) is 7.72. The average Bonchev–Trinajstić information content (AvgIpc) is 2.86. The van der Waals surface area contributed by atoms with Gasteiger partial charge in [-0.3, -0.25) is 9.69 Å². The van der Waals surface area contributed by atoms with Gasteiger partial charge in [0.05, 0.1) is 19.3 Å². The fraction of sp³-hybridized carbons (Fsp3) is 0.562. The van der Waals surface area contributed by atoms with Crippen molar-refractivity contribution in [3.8, 4) is 0 Å². The summed E-state index contributed by atoms with van der Waals surface area (Å²) in [4.78, 5) is 13.6. The zero-order chi connectivity index (χ0) is 16.8. The molecule has 1 aromatic carbocycles. The molecule has 0 radical (unpaired) electrons. The van der Waals surface area contributed by atoms with Gasteiger partial charge in [0.1, 0.15) is 11.6 Å². The molecule has 0 spiro atoms. The fourth-order valence-electron chi connectivity index (χ4n) is 2.79. The van der Waals surface area contributed by atoms with E-state index in [1.54, 1.807) is 4.90 Å². The van der Waals surface area contributed by atoms with Gasteiger partial charge in [-0.05, 0) is 31.5 Å². The van der Waals surface area contributed by atoms with Crippen molar-refractivity contribution in [2.45, 2.75) is 25.5 Å². The summed E-state index contributed by atoms with van der Waals surface area (Å²) >= 11 is 0. The van der Waals surface area contributed by atoms with E-state index in [2.05, 4.69) is 5.32 Å². The number of carbonyl (C=O) groups excluding carboxylic acids is 1. The lowest BCUT2D eigenvalue weighted by Gasteiger charge is -2.24. The largest absolute Gasteiger partial charge is 0.392 e. The first-order valence-corrected chi connectivity index (χ1v) is 7.72. The van der Waals surface area contributed by atoms with Crippen molar-refractivity contribution in [3.63, 3.8) is 0 Å². The molecule has 7 heteroatoms. The number of benzene rings is 1. The topological polar surface area (TPSA) is 61.8 Å². The maximum absolute atomic E-state index is 14.0. The zero-order valence-corrected chi connectivity index (χ0v) is 13.1. The molecule has 1 aliphatic heterocycles. The number of rotatable bonds is 7. The minimum atomic E-state index is -0.668. The van der Waals surface area contributed by atoms with Gasteiger partial charge in [0.2, 0.25) is 5.91 Å². The summed E-state index contributed by atoms with van der Waals surface area (Å²) in [7, 11) is 0. The number of carbonyl (C=O) groups is 1. The summed E-state index contributed by atoms with van der Waals surface area (Å²) in [6, 6.07) is 2.72. The van der Waals surface area contributed by atoms with Gasteiger partial charge in [0.15, 0.2) is 0 Å². The van der Waals surface area contributed by atoms with Crippen LogP contribution in [-0.2, 0) is 9.53 Å². The predicted molar refractivity (Wildman–Crippen MR) is 80.8 cm³/mol. The number of aliphatic hydroxyl groups is 1. The maximum Gasteiger partial charge on any atom is 0.234 e. The van der Waals surface area contributed by atoms with Gasteiger partial charge >= 0.3 is 0 Å². The standard InChI is InChI=1S/C16H22F2N2O3/c1-2-23-6-5-19-16(22)10-20-9-12(21)8-15(20)13-7-11(17)3-4-14(13)18/h3-4,7,12,15,21H,2,5-6,8-10H2,1H3,(H,19,22)/t12-,15+/m1/s1. The molecule has 1 aromatic rings. The molecule has 2 rings (SSSR count). The Hall–Kier alpha value is -1.57. The van der Waals surface area contributed by atoms with Gasteiger partial charge < -0.3 is 15.2 Å². The second-order valence-corrected chi connectivity index (χ2v) is 5.55. The first-order chi connectivity index (χ1) is 11.0. The number of likely N-dealkylation sites (tertiary alicyclic amines) is 1. The minimum absolute atomic E-state index is 0.0177. The molecule has 1 heterocycles. The van der Waals surface area contributed by atoms with Crippen molar-refractivity contribution in [2.75, 3.05) is 32.8 Å². The van der Waals surface area contributed by atoms with Crippen LogP contribution in [0.5, 0.6) is 0 Å². The lowest BCUT2D eigenvalue weighted by Crippen LogP contribution is -2.39. The summed E-state index contributed by atoms with van der Waals surface area (Å²) in [5.74, 6) is -1.31. The molecule has 0 aromatic heterocycles. The van der Waals surface area contributed by atoms with Gasteiger partial charge in [0, 0.05) is 31.3 Å². The highest BCUT2D eigenvalue weighted by atomic mass is 19.1. The van der Waals surface area contributed by atoms with E-state index < -0.39 is 23.8 Å². The quantitative estimate of drug-likeness (QED) is 0.739. The molecule has 0 aliphatic carbocycles. The molecule has 1 aliphatic rings. The summed E-state index contributed by atoms with van der Waals surface area (Å²) in [6.07, 6.45) is -0.397. The highest BCUT2D eigenvalue weighted by Crippen LogP contribution is 2.33. The predicted octanol–water partition coefficient (Wildman–Crippen LogP) is 1.23. The SMILES string of the molecule is CCOCCNC(=O)CN1C[C@H](O)C[C@H]1c1cc(F)ccc1F. The highest BCUT2D eigenvalue weighted by Gasteiger charge is 2.34. The smallest absolute Gasteiger partial charge is 0.234 e. The van der Waals surface area contributed by atoms with Gasteiger partial charge in [-0.1, -0.05) is 0 Å². The Morgan fingerprint density at radius 2 is 2.26 bits per heavy atom. The van der Waals surface area contributed by atoms with Crippen LogP contribution in [0.15, 0.2) is 18.2 Å². The number of nitrogens with one attached hydrogen (secondary N) is 1. The van der Waals surface area contributed by atoms with Crippen molar-refractivity contribution in [1.29, 1.82) is 0 Å². The zero-order valence-electron chi connectivity index (χ0n) is 13.1. The number of hydrogen-bond acceptors (Lipinski definition) is 4. The lowest BCUT2D eigenvalue weighted by molar-refractivity contribution is -0.122. The molecule has 0 saturated carbocycles. The van der Waals surface area contributed by atoms with E-state index in [0.717, 1.165) is 18.2 Å². The van der Waals surface area contributed by atoms with Crippen molar-refractivity contribution >= 4 is 5.91 Å². The number of amides is 1. The third kappa shape index (κ3) is 4.95. The van der Waals surface area contributed by atoms with Crippen molar-refractivity contribution in [3.05, 3.63) is 35.4 Å². The van der Waals surface area contributed by atoms with Gasteiger partial charge in [-0.25, -0.2) is 8.78 Å². The fourth-order valence-corrected chi connectivity index (χ4v) is 2.79. The first kappa shape index (κ1) is 17.8. The van der Waals surface area contributed by atoms with E-state index in [-0.39, 0.29) is 31.0 Å². The maximum atomic E-state index is 14.0. The van der Waals surface area contributed by atoms with Gasteiger partial charge in [-0.2, -0.15) is 0 Å². The monoisotopic (exact) mass is 328 g/mol. The van der Waals surface area contributed by atoms with Gasteiger partial charge in [0.25, 0.3) is 0 Å². The second-order valence-electron chi connectivity index (χ2n) is 5.55. The Morgan fingerprint density at radius 1 is 1.48 bits per heavy atom. The molecular formula is C16H22F2N2O3. The third-order valence-electron chi connectivity index (χ3n) is 3.82. The molecule has 2 N–H and O–H groups in total. The lowest BCUT2D eigenvalue weighted by atomic mass is 10.0. The molecule has 1 amide bonds. The van der Waals surface area contributed by atoms with E-state index in [0.29, 0.717) is 19.8 Å². The van der Waals surface area contributed by atoms with Crippen LogP contribution in [0.2, 0.25) is 0 Å². The Kier molecular flexibility index (Phi) is 6.44.